The summed E-state index contributed by atoms with van der Waals surface area (Å²) >= 11 is 13.4. The molecule has 4 rings (SSSR count). The van der Waals surface area contributed by atoms with Gasteiger partial charge in [0, 0.05) is 38.8 Å². The van der Waals surface area contributed by atoms with E-state index in [-0.39, 0.29) is 6.61 Å². The number of nitrogens with one attached hydrogen (secondary N) is 1. The molecule has 0 amide bonds. The van der Waals surface area contributed by atoms with Crippen molar-refractivity contribution in [3.8, 4) is 5.75 Å². The molecule has 0 aliphatic carbocycles. The topological polar surface area (TPSA) is 60.9 Å². The van der Waals surface area contributed by atoms with E-state index in [0.29, 0.717) is 16.7 Å². The first-order valence-corrected chi connectivity index (χ1v) is 11.8. The summed E-state index contributed by atoms with van der Waals surface area (Å²) in [6.07, 6.45) is -0.562. The molecule has 0 unspecified atom stereocenters. The largest absolute Gasteiger partial charge is 0.491 e. The number of para-hydroxylation sites is 1. The maximum absolute atomic E-state index is 10.4. The highest BCUT2D eigenvalue weighted by Crippen LogP contribution is 2.25. The highest BCUT2D eigenvalue weighted by atomic mass is 35.5. The first kappa shape index (κ1) is 22.2. The minimum absolute atomic E-state index is 0.251. The quantitative estimate of drug-likeness (QED) is 0.521. The summed E-state index contributed by atoms with van der Waals surface area (Å²) < 4.78 is 6.94. The predicted molar refractivity (Wildman–Crippen MR) is 132 cm³/mol. The molecule has 0 saturated carbocycles. The van der Waals surface area contributed by atoms with Crippen LogP contribution in [0.2, 0.25) is 5.02 Å². The fourth-order valence-electron chi connectivity index (χ4n) is 3.55. The van der Waals surface area contributed by atoms with Crippen molar-refractivity contribution in [1.29, 1.82) is 0 Å². The number of thiazole rings is 1. The summed E-state index contributed by atoms with van der Waals surface area (Å²) in [5.74, 6) is 0.734. The van der Waals surface area contributed by atoms with E-state index < -0.39 is 6.10 Å². The van der Waals surface area contributed by atoms with Crippen LogP contribution in [-0.2, 0) is 0 Å². The number of nitrogens with zero attached hydrogens (tertiary/aromatic N) is 3. The molecule has 2 heterocycles. The van der Waals surface area contributed by atoms with Gasteiger partial charge in [-0.05, 0) is 43.4 Å². The molecule has 2 N–H and O–H groups in total. The van der Waals surface area contributed by atoms with Crippen LogP contribution < -0.4 is 10.1 Å². The van der Waals surface area contributed by atoms with Gasteiger partial charge in [0.05, 0.1) is 25.9 Å². The molecule has 6 nitrogen and oxygen atoms in total. The highest BCUT2D eigenvalue weighted by Gasteiger charge is 2.21. The number of piperazine rings is 1. The van der Waals surface area contributed by atoms with Crippen LogP contribution in [0.5, 0.6) is 5.75 Å². The van der Waals surface area contributed by atoms with Gasteiger partial charge >= 0.3 is 0 Å². The number of hydrogen-bond acceptors (Lipinski definition) is 6. The van der Waals surface area contributed by atoms with Gasteiger partial charge < -0.3 is 20.1 Å². The summed E-state index contributed by atoms with van der Waals surface area (Å²) in [7, 11) is 0. The summed E-state index contributed by atoms with van der Waals surface area (Å²) in [6, 6.07) is 13.4. The number of fused-ring (bicyclic) bond motifs is 1. The van der Waals surface area contributed by atoms with Crippen molar-refractivity contribution < 1.29 is 9.84 Å². The second-order valence-electron chi connectivity index (χ2n) is 7.52. The van der Waals surface area contributed by atoms with E-state index in [1.165, 1.54) is 0 Å². The van der Waals surface area contributed by atoms with Gasteiger partial charge in [0.15, 0.2) is 5.11 Å². The number of benzene rings is 2. The Morgan fingerprint density at radius 3 is 2.81 bits per heavy atom. The molecule has 3 aromatic rings. The Kier molecular flexibility index (Phi) is 7.24. The molecule has 1 saturated heterocycles. The van der Waals surface area contributed by atoms with Gasteiger partial charge in [0.25, 0.3) is 0 Å². The second kappa shape index (κ2) is 10.1. The number of halogens is 1. The average Bonchev–Trinajstić information content (AvgIpc) is 3.13. The van der Waals surface area contributed by atoms with Crippen molar-refractivity contribution in [3.05, 3.63) is 52.5 Å². The van der Waals surface area contributed by atoms with Gasteiger partial charge in [-0.1, -0.05) is 23.7 Å². The lowest BCUT2D eigenvalue weighted by Gasteiger charge is -2.37. The van der Waals surface area contributed by atoms with E-state index in [9.17, 15) is 5.11 Å². The molecule has 2 aromatic carbocycles. The average molecular weight is 477 g/mol. The Morgan fingerprint density at radius 2 is 2.03 bits per heavy atom. The number of aryl methyl sites for hydroxylation is 1. The first-order chi connectivity index (χ1) is 15.0. The van der Waals surface area contributed by atoms with Gasteiger partial charge in [0.1, 0.15) is 18.5 Å². The zero-order valence-corrected chi connectivity index (χ0v) is 19.6. The van der Waals surface area contributed by atoms with Crippen molar-refractivity contribution >= 4 is 56.2 Å². The van der Waals surface area contributed by atoms with Crippen molar-refractivity contribution in [2.24, 2.45) is 0 Å². The molecule has 9 heteroatoms. The van der Waals surface area contributed by atoms with Crippen molar-refractivity contribution in [1.82, 2.24) is 14.8 Å². The molecule has 0 bridgehead atoms. The number of β-amino-alcohol motifs (C(OH)–C–C–N with tert-alkyl or cyclic N) is 1. The van der Waals surface area contributed by atoms with E-state index >= 15 is 0 Å². The normalized spacial score (nSPS) is 15.8. The van der Waals surface area contributed by atoms with Gasteiger partial charge in [-0.3, -0.25) is 4.90 Å². The third kappa shape index (κ3) is 5.84. The number of aliphatic hydroxyl groups is 1. The Balaban J connectivity index is 1.21. The molecule has 1 fully saturated rings. The van der Waals surface area contributed by atoms with Crippen LogP contribution in [0.25, 0.3) is 10.2 Å². The van der Waals surface area contributed by atoms with Crippen molar-refractivity contribution in [2.75, 3.05) is 44.6 Å². The van der Waals surface area contributed by atoms with Crippen LogP contribution in [-0.4, -0.2) is 70.4 Å². The molecular formula is C22H25ClN4O2S2. The van der Waals surface area contributed by atoms with E-state index in [0.717, 1.165) is 52.8 Å². The number of aromatic nitrogens is 1. The van der Waals surface area contributed by atoms with Crippen LogP contribution in [0.3, 0.4) is 0 Å². The molecule has 1 aromatic heterocycles. The number of rotatable bonds is 6. The Morgan fingerprint density at radius 1 is 1.26 bits per heavy atom. The SMILES string of the molecule is Cc1nc2cc(OC[C@H](O)CN3CCN(C(=S)Nc4ccccc4Cl)CC3)ccc2s1. The number of thiocarbonyl (C=S) groups is 1. The molecule has 31 heavy (non-hydrogen) atoms. The fraction of sp³-hybridized carbons (Fsp3) is 0.364. The van der Waals surface area contributed by atoms with Crippen LogP contribution in [0.4, 0.5) is 5.69 Å². The lowest BCUT2D eigenvalue weighted by atomic mass is 10.2. The third-order valence-electron chi connectivity index (χ3n) is 5.15. The smallest absolute Gasteiger partial charge is 0.173 e. The van der Waals surface area contributed by atoms with E-state index in [4.69, 9.17) is 28.6 Å². The Labute approximate surface area is 196 Å². The van der Waals surface area contributed by atoms with E-state index in [1.807, 2.05) is 49.4 Å². The fourth-order valence-corrected chi connectivity index (χ4v) is 4.83. The summed E-state index contributed by atoms with van der Waals surface area (Å²) in [5, 5.41) is 16.0. The second-order valence-corrected chi connectivity index (χ2v) is 9.55. The number of anilines is 1. The lowest BCUT2D eigenvalue weighted by Crippen LogP contribution is -2.51. The molecule has 164 valence electrons. The number of hydrogen-bond donors (Lipinski definition) is 2. The molecule has 0 radical (unpaired) electrons. The maximum Gasteiger partial charge on any atom is 0.173 e. The standard InChI is InChI=1S/C22H25ClN4O2S2/c1-15-24-20-12-17(6-7-21(20)31-15)29-14-16(28)13-26-8-10-27(11-9-26)22(30)25-19-5-3-2-4-18(19)23/h2-7,12,16,28H,8-11,13-14H2,1H3,(H,25,30)/t16-/m1/s1. The predicted octanol–water partition coefficient (Wildman–Crippen LogP) is 4.01. The van der Waals surface area contributed by atoms with Crippen LogP contribution in [0.15, 0.2) is 42.5 Å². The molecular weight excluding hydrogens is 452 g/mol. The number of aliphatic hydroxyl groups excluding tert-OH is 1. The van der Waals surface area contributed by atoms with Gasteiger partial charge in [0.2, 0.25) is 0 Å². The molecule has 0 spiro atoms. The van der Waals surface area contributed by atoms with E-state index in [2.05, 4.69) is 20.1 Å². The zero-order chi connectivity index (χ0) is 21.8. The minimum atomic E-state index is -0.562. The molecule has 1 aliphatic heterocycles. The maximum atomic E-state index is 10.4. The lowest BCUT2D eigenvalue weighted by molar-refractivity contribution is 0.0559. The summed E-state index contributed by atoms with van der Waals surface area (Å²) in [6.45, 7) is 6.05. The Bertz CT molecular complexity index is 1050. The van der Waals surface area contributed by atoms with E-state index in [1.54, 1.807) is 11.3 Å². The van der Waals surface area contributed by atoms with Crippen LogP contribution in [0, 0.1) is 6.92 Å². The Hall–Kier alpha value is -1.97. The van der Waals surface area contributed by atoms with Crippen LogP contribution >= 0.6 is 35.2 Å². The first-order valence-electron chi connectivity index (χ1n) is 10.2. The number of ether oxygens (including phenoxy) is 1. The van der Waals surface area contributed by atoms with Crippen molar-refractivity contribution in [3.63, 3.8) is 0 Å². The van der Waals surface area contributed by atoms with Crippen LogP contribution in [0.1, 0.15) is 5.01 Å². The van der Waals surface area contributed by atoms with Crippen molar-refractivity contribution in [2.45, 2.75) is 13.0 Å². The van der Waals surface area contributed by atoms with Gasteiger partial charge in [-0.25, -0.2) is 4.98 Å². The monoisotopic (exact) mass is 476 g/mol. The third-order valence-corrected chi connectivity index (χ3v) is 6.79. The van der Waals surface area contributed by atoms with Gasteiger partial charge in [-0.2, -0.15) is 0 Å². The summed E-state index contributed by atoms with van der Waals surface area (Å²) in [5.41, 5.74) is 1.75. The zero-order valence-electron chi connectivity index (χ0n) is 17.3. The summed E-state index contributed by atoms with van der Waals surface area (Å²) in [4.78, 5) is 8.85. The van der Waals surface area contributed by atoms with Gasteiger partial charge in [-0.15, -0.1) is 11.3 Å². The highest BCUT2D eigenvalue weighted by molar-refractivity contribution is 7.80. The minimum Gasteiger partial charge on any atom is -0.491 e. The molecule has 1 atom stereocenters. The molecule has 1 aliphatic rings.